The molecule has 1 aromatic heterocycles. The number of methoxy groups -OCH3 is 2. The van der Waals surface area contributed by atoms with Crippen molar-refractivity contribution in [3.63, 3.8) is 0 Å². The van der Waals surface area contributed by atoms with Gasteiger partial charge in [-0.2, -0.15) is 0 Å². The van der Waals surface area contributed by atoms with E-state index in [-0.39, 0.29) is 18.1 Å². The molecule has 30 heavy (non-hydrogen) atoms. The second-order valence-electron chi connectivity index (χ2n) is 6.94. The van der Waals surface area contributed by atoms with Crippen LogP contribution in [0, 0.1) is 0 Å². The van der Waals surface area contributed by atoms with Crippen molar-refractivity contribution >= 4 is 22.5 Å². The topological polar surface area (TPSA) is 91.6 Å². The smallest absolute Gasteiger partial charge is 0.332 e. The highest BCUT2D eigenvalue weighted by Crippen LogP contribution is 2.29. The summed E-state index contributed by atoms with van der Waals surface area (Å²) in [4.78, 5) is 38.7. The molecular formula is C22H25N3O5. The van der Waals surface area contributed by atoms with E-state index in [0.717, 1.165) is 0 Å². The number of hydrogen-bond acceptors (Lipinski definition) is 5. The zero-order valence-corrected chi connectivity index (χ0v) is 17.5. The van der Waals surface area contributed by atoms with Gasteiger partial charge in [-0.25, -0.2) is 4.79 Å². The van der Waals surface area contributed by atoms with E-state index in [0.29, 0.717) is 34.5 Å². The second kappa shape index (κ2) is 8.86. The van der Waals surface area contributed by atoms with Gasteiger partial charge < -0.3 is 14.8 Å². The van der Waals surface area contributed by atoms with Crippen LogP contribution < -0.4 is 26.0 Å². The highest BCUT2D eigenvalue weighted by molar-refractivity contribution is 5.92. The Balaban J connectivity index is 2.00. The van der Waals surface area contributed by atoms with E-state index in [1.165, 1.54) is 23.4 Å². The van der Waals surface area contributed by atoms with Gasteiger partial charge in [0.05, 0.1) is 25.1 Å². The Morgan fingerprint density at radius 1 is 1.07 bits per heavy atom. The molecule has 3 rings (SSSR count). The van der Waals surface area contributed by atoms with Gasteiger partial charge in [-0.1, -0.05) is 19.1 Å². The SMILES string of the molecule is CCC(C)n1c(=O)c2ccccc2n(CC(=O)Nc2ccc(OC)c(OC)c2)c1=O. The Bertz CT molecular complexity index is 1200. The predicted octanol–water partition coefficient (Wildman–Crippen LogP) is 2.79. The van der Waals surface area contributed by atoms with Crippen LogP contribution in [0.2, 0.25) is 0 Å². The number of fused-ring (bicyclic) bond motifs is 1. The van der Waals surface area contributed by atoms with Gasteiger partial charge in [0.25, 0.3) is 5.56 Å². The Morgan fingerprint density at radius 3 is 2.43 bits per heavy atom. The number of nitrogens with zero attached hydrogens (tertiary/aromatic N) is 2. The van der Waals surface area contributed by atoms with Gasteiger partial charge in [0, 0.05) is 17.8 Å². The summed E-state index contributed by atoms with van der Waals surface area (Å²) < 4.78 is 13.0. The minimum atomic E-state index is -0.504. The highest BCUT2D eigenvalue weighted by Gasteiger charge is 2.18. The summed E-state index contributed by atoms with van der Waals surface area (Å²) in [6.07, 6.45) is 0.616. The standard InChI is InChI=1S/C22H25N3O5/c1-5-14(2)25-21(27)16-8-6-7-9-17(16)24(22(25)28)13-20(26)23-15-10-11-18(29-3)19(12-15)30-4/h6-12,14H,5,13H2,1-4H3,(H,23,26). The van der Waals surface area contributed by atoms with Crippen molar-refractivity contribution in [2.24, 2.45) is 0 Å². The Morgan fingerprint density at radius 2 is 1.77 bits per heavy atom. The minimum absolute atomic E-state index is 0.232. The first-order chi connectivity index (χ1) is 14.4. The van der Waals surface area contributed by atoms with Crippen LogP contribution >= 0.6 is 0 Å². The number of aromatic nitrogens is 2. The lowest BCUT2D eigenvalue weighted by molar-refractivity contribution is -0.116. The molecule has 1 N–H and O–H groups in total. The maximum absolute atomic E-state index is 13.1. The van der Waals surface area contributed by atoms with E-state index in [9.17, 15) is 14.4 Å². The number of hydrogen-bond donors (Lipinski definition) is 1. The molecule has 0 spiro atoms. The summed E-state index contributed by atoms with van der Waals surface area (Å²) in [5.74, 6) is 0.616. The molecule has 0 saturated carbocycles. The third-order valence-corrected chi connectivity index (χ3v) is 5.08. The molecule has 0 saturated heterocycles. The summed E-state index contributed by atoms with van der Waals surface area (Å²) in [6, 6.07) is 11.5. The van der Waals surface area contributed by atoms with Crippen LogP contribution in [0.5, 0.6) is 11.5 Å². The molecule has 0 radical (unpaired) electrons. The van der Waals surface area contributed by atoms with E-state index in [4.69, 9.17) is 9.47 Å². The quantitative estimate of drug-likeness (QED) is 0.646. The first kappa shape index (κ1) is 21.2. The summed E-state index contributed by atoms with van der Waals surface area (Å²) >= 11 is 0. The van der Waals surface area contributed by atoms with Gasteiger partial charge in [0.2, 0.25) is 5.91 Å². The maximum atomic E-state index is 13.1. The number of ether oxygens (including phenoxy) is 2. The molecule has 158 valence electrons. The summed E-state index contributed by atoms with van der Waals surface area (Å²) in [7, 11) is 3.03. The lowest BCUT2D eigenvalue weighted by atomic mass is 10.2. The number of para-hydroxylation sites is 1. The van der Waals surface area contributed by atoms with Crippen LogP contribution in [-0.4, -0.2) is 29.3 Å². The molecule has 0 bridgehead atoms. The maximum Gasteiger partial charge on any atom is 0.332 e. The Kier molecular flexibility index (Phi) is 6.25. The molecule has 8 nitrogen and oxygen atoms in total. The number of rotatable bonds is 7. The monoisotopic (exact) mass is 411 g/mol. The third-order valence-electron chi connectivity index (χ3n) is 5.08. The van der Waals surface area contributed by atoms with Crippen molar-refractivity contribution in [2.45, 2.75) is 32.9 Å². The lowest BCUT2D eigenvalue weighted by Gasteiger charge is -2.17. The van der Waals surface area contributed by atoms with Crippen molar-refractivity contribution in [2.75, 3.05) is 19.5 Å². The molecule has 8 heteroatoms. The molecule has 2 aromatic carbocycles. The number of benzene rings is 2. The van der Waals surface area contributed by atoms with Crippen molar-refractivity contribution < 1.29 is 14.3 Å². The number of carbonyl (C=O) groups excluding carboxylic acids is 1. The van der Waals surface area contributed by atoms with Crippen LogP contribution in [0.3, 0.4) is 0 Å². The third kappa shape index (κ3) is 3.94. The number of anilines is 1. The first-order valence-corrected chi connectivity index (χ1v) is 9.67. The summed E-state index contributed by atoms with van der Waals surface area (Å²) in [5, 5.41) is 3.16. The number of nitrogens with one attached hydrogen (secondary N) is 1. The normalized spacial score (nSPS) is 11.9. The van der Waals surface area contributed by atoms with Gasteiger partial charge in [0.15, 0.2) is 11.5 Å². The molecule has 1 atom stereocenters. The van der Waals surface area contributed by atoms with Crippen LogP contribution in [0.15, 0.2) is 52.1 Å². The molecule has 1 unspecified atom stereocenters. The number of carbonyl (C=O) groups is 1. The van der Waals surface area contributed by atoms with E-state index < -0.39 is 11.6 Å². The largest absolute Gasteiger partial charge is 0.493 e. The lowest BCUT2D eigenvalue weighted by Crippen LogP contribution is -2.43. The van der Waals surface area contributed by atoms with Crippen LogP contribution in [-0.2, 0) is 11.3 Å². The average Bonchev–Trinajstić information content (AvgIpc) is 2.76. The van der Waals surface area contributed by atoms with Crippen molar-refractivity contribution in [3.8, 4) is 11.5 Å². The highest BCUT2D eigenvalue weighted by atomic mass is 16.5. The fourth-order valence-corrected chi connectivity index (χ4v) is 3.32. The molecule has 0 fully saturated rings. The van der Waals surface area contributed by atoms with E-state index in [2.05, 4.69) is 5.32 Å². The van der Waals surface area contributed by atoms with Crippen molar-refractivity contribution in [1.82, 2.24) is 9.13 Å². The molecule has 1 amide bonds. The van der Waals surface area contributed by atoms with Crippen molar-refractivity contribution in [1.29, 1.82) is 0 Å². The Hall–Kier alpha value is -3.55. The zero-order chi connectivity index (χ0) is 21.8. The van der Waals surface area contributed by atoms with E-state index in [1.54, 1.807) is 42.5 Å². The first-order valence-electron chi connectivity index (χ1n) is 9.67. The van der Waals surface area contributed by atoms with Gasteiger partial charge >= 0.3 is 5.69 Å². The van der Waals surface area contributed by atoms with Crippen LogP contribution in [0.25, 0.3) is 10.9 Å². The van der Waals surface area contributed by atoms with Crippen molar-refractivity contribution in [3.05, 3.63) is 63.3 Å². The van der Waals surface area contributed by atoms with Gasteiger partial charge in [0.1, 0.15) is 6.54 Å². The van der Waals surface area contributed by atoms with E-state index in [1.807, 2.05) is 13.8 Å². The predicted molar refractivity (Wildman–Crippen MR) is 116 cm³/mol. The molecule has 0 aliphatic heterocycles. The van der Waals surface area contributed by atoms with Gasteiger partial charge in [-0.15, -0.1) is 0 Å². The summed E-state index contributed by atoms with van der Waals surface area (Å²) in [5.41, 5.74) is 0.0803. The Labute approximate surface area is 173 Å². The van der Waals surface area contributed by atoms with Crippen LogP contribution in [0.1, 0.15) is 26.3 Å². The molecule has 0 aliphatic rings. The summed E-state index contributed by atoms with van der Waals surface area (Å²) in [6.45, 7) is 3.48. The van der Waals surface area contributed by atoms with E-state index >= 15 is 0 Å². The van der Waals surface area contributed by atoms with Gasteiger partial charge in [-0.3, -0.25) is 18.7 Å². The van der Waals surface area contributed by atoms with Crippen LogP contribution in [0.4, 0.5) is 5.69 Å². The zero-order valence-electron chi connectivity index (χ0n) is 17.5. The molecular weight excluding hydrogens is 386 g/mol. The molecule has 1 heterocycles. The fourth-order valence-electron chi connectivity index (χ4n) is 3.32. The minimum Gasteiger partial charge on any atom is -0.493 e. The molecule has 3 aromatic rings. The average molecular weight is 411 g/mol. The number of amides is 1. The second-order valence-corrected chi connectivity index (χ2v) is 6.94. The fraction of sp³-hybridized carbons (Fsp3) is 0.318. The van der Waals surface area contributed by atoms with Gasteiger partial charge in [-0.05, 0) is 37.6 Å². The molecule has 0 aliphatic carbocycles.